The molecule has 6 heteroatoms. The summed E-state index contributed by atoms with van der Waals surface area (Å²) in [5, 5.41) is 8.81. The minimum absolute atomic E-state index is 0.164. The van der Waals surface area contributed by atoms with E-state index in [1.807, 2.05) is 0 Å². The summed E-state index contributed by atoms with van der Waals surface area (Å²) in [6, 6.07) is 4.23. The van der Waals surface area contributed by atoms with E-state index in [1.54, 1.807) is 13.2 Å². The molecule has 1 N–H and O–H groups in total. The van der Waals surface area contributed by atoms with Gasteiger partial charge in [-0.1, -0.05) is 0 Å². The molecule has 0 aliphatic rings. The van der Waals surface area contributed by atoms with Crippen LogP contribution in [0.25, 0.3) is 0 Å². The number of aromatic nitrogens is 2. The second-order valence-corrected chi connectivity index (χ2v) is 3.52. The number of hydrogen-bond acceptors (Lipinski definition) is 5. The van der Waals surface area contributed by atoms with Crippen molar-refractivity contribution in [1.29, 1.82) is 0 Å². The first kappa shape index (κ1) is 15.4. The van der Waals surface area contributed by atoms with Crippen LogP contribution in [0.5, 0.6) is 11.6 Å². The van der Waals surface area contributed by atoms with Crippen molar-refractivity contribution < 1.29 is 14.2 Å². The van der Waals surface area contributed by atoms with E-state index in [0.29, 0.717) is 22.9 Å². The van der Waals surface area contributed by atoms with Crippen LogP contribution in [-0.4, -0.2) is 21.3 Å². The average molecular weight is 282 g/mol. The van der Waals surface area contributed by atoms with Crippen LogP contribution < -0.4 is 4.74 Å². The minimum Gasteiger partial charge on any atom is -0.437 e. The third kappa shape index (κ3) is 4.50. The van der Waals surface area contributed by atoms with Crippen LogP contribution in [0.2, 0.25) is 0 Å². The quantitative estimate of drug-likeness (QED) is 0.850. The van der Waals surface area contributed by atoms with Gasteiger partial charge in [-0.25, -0.2) is 9.37 Å². The monoisotopic (exact) mass is 282 g/mol. The molecular weight excluding hydrogens is 267 g/mol. The maximum atomic E-state index is 12.9. The van der Waals surface area contributed by atoms with E-state index in [1.165, 1.54) is 30.6 Å². The highest BCUT2D eigenvalue weighted by Crippen LogP contribution is 2.23. The molecule has 0 aliphatic heterocycles. The van der Waals surface area contributed by atoms with Gasteiger partial charge in [0.25, 0.3) is 0 Å². The molecular formula is C13H15FN2O2S. The lowest BCUT2D eigenvalue weighted by molar-refractivity contribution is 0.276. The molecule has 0 atom stereocenters. The molecule has 4 nitrogen and oxygen atoms in total. The smallest absolute Gasteiger partial charge is 0.237 e. The van der Waals surface area contributed by atoms with Crippen LogP contribution in [0.1, 0.15) is 11.3 Å². The normalized spacial score (nSPS) is 9.53. The Balaban J connectivity index is 0.000000861. The Morgan fingerprint density at radius 3 is 2.53 bits per heavy atom. The molecule has 19 heavy (non-hydrogen) atoms. The van der Waals surface area contributed by atoms with Gasteiger partial charge in [0, 0.05) is 0 Å². The van der Waals surface area contributed by atoms with Gasteiger partial charge in [0.05, 0.1) is 24.7 Å². The van der Waals surface area contributed by atoms with Crippen molar-refractivity contribution in [3.63, 3.8) is 0 Å². The van der Waals surface area contributed by atoms with Gasteiger partial charge in [-0.15, -0.1) is 0 Å². The third-order valence-electron chi connectivity index (χ3n) is 2.20. The Bertz CT molecular complexity index is 521. The van der Waals surface area contributed by atoms with Crippen molar-refractivity contribution in [3.8, 4) is 11.6 Å². The molecule has 1 aromatic heterocycles. The molecule has 2 aromatic rings. The molecule has 0 unspecified atom stereocenters. The highest BCUT2D eigenvalue weighted by atomic mass is 32.1. The fraction of sp³-hybridized carbons (Fsp3) is 0.231. The first-order chi connectivity index (χ1) is 9.19. The second-order valence-electron chi connectivity index (χ2n) is 3.52. The largest absolute Gasteiger partial charge is 0.437 e. The molecule has 102 valence electrons. The zero-order valence-corrected chi connectivity index (χ0v) is 11.6. The summed E-state index contributed by atoms with van der Waals surface area (Å²) in [4.78, 5) is 7.90. The van der Waals surface area contributed by atoms with Crippen molar-refractivity contribution in [3.05, 3.63) is 47.7 Å². The van der Waals surface area contributed by atoms with E-state index in [2.05, 4.69) is 22.6 Å². The van der Waals surface area contributed by atoms with Crippen LogP contribution >= 0.6 is 12.6 Å². The maximum Gasteiger partial charge on any atom is 0.237 e. The SMILES string of the molecule is CS.Cc1cc(F)ccc1Oc1cnc(CO)cn1. The average Bonchev–Trinajstić information content (AvgIpc) is 2.45. The number of aliphatic hydroxyl groups excluding tert-OH is 1. The van der Waals surface area contributed by atoms with Crippen molar-refractivity contribution in [2.24, 2.45) is 0 Å². The Kier molecular flexibility index (Phi) is 6.24. The molecule has 0 radical (unpaired) electrons. The minimum atomic E-state index is -0.309. The summed E-state index contributed by atoms with van der Waals surface area (Å²) >= 11 is 3.53. The predicted octanol–water partition coefficient (Wildman–Crippen LogP) is 2.75. The molecule has 0 fully saturated rings. The lowest BCUT2D eigenvalue weighted by atomic mass is 10.2. The van der Waals surface area contributed by atoms with Gasteiger partial charge in [0.15, 0.2) is 0 Å². The van der Waals surface area contributed by atoms with E-state index >= 15 is 0 Å². The van der Waals surface area contributed by atoms with Gasteiger partial charge in [0.2, 0.25) is 5.88 Å². The van der Waals surface area contributed by atoms with E-state index < -0.39 is 0 Å². The highest BCUT2D eigenvalue weighted by molar-refractivity contribution is 7.79. The summed E-state index contributed by atoms with van der Waals surface area (Å²) in [5.41, 5.74) is 1.14. The first-order valence-electron chi connectivity index (χ1n) is 5.49. The molecule has 0 amide bonds. The lowest BCUT2D eigenvalue weighted by Gasteiger charge is -2.07. The molecule has 1 heterocycles. The molecule has 0 saturated heterocycles. The Labute approximate surface area is 116 Å². The van der Waals surface area contributed by atoms with Crippen LogP contribution in [0.3, 0.4) is 0 Å². The number of ether oxygens (including phenoxy) is 1. The van der Waals surface area contributed by atoms with Crippen LogP contribution in [-0.2, 0) is 6.61 Å². The number of rotatable bonds is 3. The van der Waals surface area contributed by atoms with Crippen molar-refractivity contribution in [2.75, 3.05) is 6.26 Å². The topological polar surface area (TPSA) is 55.2 Å². The van der Waals surface area contributed by atoms with Crippen LogP contribution in [0, 0.1) is 12.7 Å². The van der Waals surface area contributed by atoms with Gasteiger partial charge in [0.1, 0.15) is 11.6 Å². The highest BCUT2D eigenvalue weighted by Gasteiger charge is 2.04. The Morgan fingerprint density at radius 2 is 2.00 bits per heavy atom. The molecule has 0 spiro atoms. The van der Waals surface area contributed by atoms with Crippen molar-refractivity contribution in [2.45, 2.75) is 13.5 Å². The maximum absolute atomic E-state index is 12.9. The van der Waals surface area contributed by atoms with E-state index in [0.717, 1.165) is 0 Å². The molecule has 0 saturated carbocycles. The van der Waals surface area contributed by atoms with Crippen molar-refractivity contribution >= 4 is 12.6 Å². The van der Waals surface area contributed by atoms with E-state index in [4.69, 9.17) is 9.84 Å². The summed E-state index contributed by atoms with van der Waals surface area (Å²) in [6.07, 6.45) is 4.53. The Morgan fingerprint density at radius 1 is 1.26 bits per heavy atom. The van der Waals surface area contributed by atoms with Crippen molar-refractivity contribution in [1.82, 2.24) is 9.97 Å². The van der Waals surface area contributed by atoms with Gasteiger partial charge in [-0.2, -0.15) is 12.6 Å². The summed E-state index contributed by atoms with van der Waals surface area (Å²) in [6.45, 7) is 1.58. The van der Waals surface area contributed by atoms with Gasteiger partial charge >= 0.3 is 0 Å². The zero-order chi connectivity index (χ0) is 14.3. The number of nitrogens with zero attached hydrogens (tertiary/aromatic N) is 2. The number of hydrogen-bond donors (Lipinski definition) is 2. The first-order valence-corrected chi connectivity index (χ1v) is 6.39. The second kappa shape index (κ2) is 7.70. The molecule has 0 aliphatic carbocycles. The fourth-order valence-electron chi connectivity index (χ4n) is 1.32. The predicted molar refractivity (Wildman–Crippen MR) is 74.1 cm³/mol. The number of benzene rings is 1. The third-order valence-corrected chi connectivity index (χ3v) is 2.20. The number of aryl methyl sites for hydroxylation is 1. The fourth-order valence-corrected chi connectivity index (χ4v) is 1.32. The molecule has 2 rings (SSSR count). The van der Waals surface area contributed by atoms with E-state index in [9.17, 15) is 4.39 Å². The molecule has 0 bridgehead atoms. The summed E-state index contributed by atoms with van der Waals surface area (Å²) < 4.78 is 18.3. The molecule has 1 aromatic carbocycles. The lowest BCUT2D eigenvalue weighted by Crippen LogP contribution is -1.95. The number of halogens is 1. The van der Waals surface area contributed by atoms with Crippen LogP contribution in [0.4, 0.5) is 4.39 Å². The van der Waals surface area contributed by atoms with Gasteiger partial charge < -0.3 is 9.84 Å². The van der Waals surface area contributed by atoms with E-state index in [-0.39, 0.29) is 12.4 Å². The van der Waals surface area contributed by atoms with Crippen LogP contribution in [0.15, 0.2) is 30.6 Å². The zero-order valence-electron chi connectivity index (χ0n) is 10.7. The Hall–Kier alpha value is -1.66. The van der Waals surface area contributed by atoms with Gasteiger partial charge in [-0.3, -0.25) is 4.98 Å². The summed E-state index contributed by atoms with van der Waals surface area (Å²) in [5.74, 6) is 0.519. The van der Waals surface area contributed by atoms with Gasteiger partial charge in [-0.05, 0) is 36.9 Å². The summed E-state index contributed by atoms with van der Waals surface area (Å²) in [7, 11) is 0. The number of thiol groups is 1. The standard InChI is InChI=1S/C12H11FN2O2.CH4S/c1-8-4-9(13)2-3-11(8)17-12-6-14-10(7-16)5-15-12;1-2/h2-6,16H,7H2,1H3;2H,1H3. The number of aliphatic hydroxyl groups is 1.